The van der Waals surface area contributed by atoms with Crippen molar-refractivity contribution in [2.75, 3.05) is 5.32 Å². The van der Waals surface area contributed by atoms with Crippen LogP contribution in [0.4, 0.5) is 11.4 Å². The van der Waals surface area contributed by atoms with Crippen LogP contribution in [-0.2, 0) is 0 Å². The number of aliphatic imine (C=N–C) groups is 1. The van der Waals surface area contributed by atoms with Gasteiger partial charge in [-0.1, -0.05) is 11.6 Å². The molecule has 14 heavy (non-hydrogen) atoms. The van der Waals surface area contributed by atoms with Crippen LogP contribution in [0.5, 0.6) is 0 Å². The van der Waals surface area contributed by atoms with Crippen LogP contribution in [0.3, 0.4) is 0 Å². The van der Waals surface area contributed by atoms with Crippen molar-refractivity contribution in [2.24, 2.45) is 4.99 Å². The van der Waals surface area contributed by atoms with Crippen LogP contribution < -0.4 is 5.32 Å². The van der Waals surface area contributed by atoms with Gasteiger partial charge in [-0.05, 0) is 6.07 Å². The lowest BCUT2D eigenvalue weighted by atomic mass is 10.1. The molecule has 2 rings (SSSR count). The van der Waals surface area contributed by atoms with E-state index in [0.717, 1.165) is 5.69 Å². The summed E-state index contributed by atoms with van der Waals surface area (Å²) in [4.78, 5) is 13.9. The number of fused-ring (bicyclic) bond motifs is 1. The highest BCUT2D eigenvalue weighted by atomic mass is 35.5. The summed E-state index contributed by atoms with van der Waals surface area (Å²) < 4.78 is 0. The first-order valence-electron chi connectivity index (χ1n) is 3.89. The van der Waals surface area contributed by atoms with E-state index in [0.29, 0.717) is 5.56 Å². The van der Waals surface area contributed by atoms with Gasteiger partial charge < -0.3 is 5.32 Å². The smallest absolute Gasteiger partial charge is 0.269 e. The molecule has 0 amide bonds. The largest absolute Gasteiger partial charge is 0.346 e. The molecule has 0 aliphatic carbocycles. The highest BCUT2D eigenvalue weighted by Gasteiger charge is 2.18. The minimum absolute atomic E-state index is 0.0216. The standard InChI is InChI=1S/C8H6ClN3O2/c9-8-6-3-5(12(13)14)1-2-7(6)10-4-11-8/h1-4,8H,(H,10,11). The summed E-state index contributed by atoms with van der Waals surface area (Å²) in [6.07, 6.45) is 1.48. The minimum atomic E-state index is -0.550. The Bertz CT molecular complexity index is 419. The Balaban J connectivity index is 2.49. The molecule has 0 saturated carbocycles. The molecule has 0 saturated heterocycles. The lowest BCUT2D eigenvalue weighted by molar-refractivity contribution is -0.384. The number of nitro groups is 1. The van der Waals surface area contributed by atoms with Crippen molar-refractivity contribution in [1.29, 1.82) is 0 Å². The van der Waals surface area contributed by atoms with Crippen LogP contribution in [-0.4, -0.2) is 11.3 Å². The van der Waals surface area contributed by atoms with Crippen molar-refractivity contribution in [3.63, 3.8) is 0 Å². The van der Waals surface area contributed by atoms with E-state index in [1.807, 2.05) is 0 Å². The van der Waals surface area contributed by atoms with Gasteiger partial charge in [0.1, 0.15) is 0 Å². The maximum Gasteiger partial charge on any atom is 0.269 e. The van der Waals surface area contributed by atoms with Gasteiger partial charge in [0.15, 0.2) is 5.50 Å². The molecule has 0 fully saturated rings. The first kappa shape index (κ1) is 8.96. The quantitative estimate of drug-likeness (QED) is 0.335. The summed E-state index contributed by atoms with van der Waals surface area (Å²) in [5, 5.41) is 13.4. The van der Waals surface area contributed by atoms with Gasteiger partial charge in [-0.2, -0.15) is 0 Å². The molecular weight excluding hydrogens is 206 g/mol. The maximum absolute atomic E-state index is 10.5. The van der Waals surface area contributed by atoms with Gasteiger partial charge in [-0.3, -0.25) is 15.1 Å². The fraction of sp³-hybridized carbons (Fsp3) is 0.125. The van der Waals surface area contributed by atoms with Gasteiger partial charge in [-0.15, -0.1) is 0 Å². The molecule has 1 aromatic carbocycles. The number of nitro benzene ring substituents is 1. The van der Waals surface area contributed by atoms with Crippen molar-refractivity contribution in [3.05, 3.63) is 33.9 Å². The summed E-state index contributed by atoms with van der Waals surface area (Å²) in [6, 6.07) is 4.47. The molecule has 0 aromatic heterocycles. The van der Waals surface area contributed by atoms with Crippen molar-refractivity contribution >= 4 is 29.3 Å². The number of nitrogens with zero attached hydrogens (tertiary/aromatic N) is 2. The lowest BCUT2D eigenvalue weighted by Crippen LogP contribution is -2.07. The number of rotatable bonds is 1. The van der Waals surface area contributed by atoms with Gasteiger partial charge in [0.05, 0.1) is 11.3 Å². The molecule has 6 heteroatoms. The second kappa shape index (κ2) is 3.26. The number of nitrogens with one attached hydrogen (secondary N) is 1. The van der Waals surface area contributed by atoms with Crippen molar-refractivity contribution < 1.29 is 4.92 Å². The molecule has 1 N–H and O–H groups in total. The summed E-state index contributed by atoms with van der Waals surface area (Å²) in [6.45, 7) is 0. The van der Waals surface area contributed by atoms with E-state index < -0.39 is 10.4 Å². The fourth-order valence-electron chi connectivity index (χ4n) is 1.24. The summed E-state index contributed by atoms with van der Waals surface area (Å²) in [5.74, 6) is 0. The molecule has 1 unspecified atom stereocenters. The second-order valence-corrected chi connectivity index (χ2v) is 3.20. The van der Waals surface area contributed by atoms with E-state index in [1.54, 1.807) is 6.07 Å². The molecule has 1 heterocycles. The predicted molar refractivity (Wildman–Crippen MR) is 53.8 cm³/mol. The Labute approximate surface area is 84.6 Å². The van der Waals surface area contributed by atoms with E-state index in [1.165, 1.54) is 18.5 Å². The number of hydrogen-bond donors (Lipinski definition) is 1. The number of alkyl halides is 1. The Kier molecular flexibility index (Phi) is 2.09. The zero-order valence-corrected chi connectivity index (χ0v) is 7.73. The zero-order chi connectivity index (χ0) is 10.1. The first-order chi connectivity index (χ1) is 6.68. The topological polar surface area (TPSA) is 67.5 Å². The van der Waals surface area contributed by atoms with E-state index in [4.69, 9.17) is 11.6 Å². The molecule has 1 aliphatic heterocycles. The molecule has 0 spiro atoms. The summed E-state index contributed by atoms with van der Waals surface area (Å²) >= 11 is 5.86. The second-order valence-electron chi connectivity index (χ2n) is 2.79. The van der Waals surface area contributed by atoms with Gasteiger partial charge in [0.25, 0.3) is 5.69 Å². The molecule has 0 radical (unpaired) electrons. The Morgan fingerprint density at radius 2 is 2.36 bits per heavy atom. The van der Waals surface area contributed by atoms with E-state index in [-0.39, 0.29) is 5.69 Å². The zero-order valence-electron chi connectivity index (χ0n) is 6.98. The number of non-ortho nitro benzene ring substituents is 1. The van der Waals surface area contributed by atoms with E-state index in [2.05, 4.69) is 10.3 Å². The van der Waals surface area contributed by atoms with E-state index >= 15 is 0 Å². The monoisotopic (exact) mass is 211 g/mol. The Morgan fingerprint density at radius 1 is 1.57 bits per heavy atom. The third kappa shape index (κ3) is 1.42. The summed E-state index contributed by atoms with van der Waals surface area (Å²) in [5.41, 5.74) is 0.855. The van der Waals surface area contributed by atoms with Gasteiger partial charge in [0.2, 0.25) is 0 Å². The third-order valence-corrected chi connectivity index (χ3v) is 2.28. The van der Waals surface area contributed by atoms with Gasteiger partial charge in [-0.25, -0.2) is 0 Å². The van der Waals surface area contributed by atoms with Crippen molar-refractivity contribution in [1.82, 2.24) is 0 Å². The fourth-order valence-corrected chi connectivity index (χ4v) is 1.48. The predicted octanol–water partition coefficient (Wildman–Crippen LogP) is 2.29. The molecule has 1 atom stereocenters. The molecular formula is C8H6ClN3O2. The Hall–Kier alpha value is -1.62. The molecule has 1 aromatic rings. The third-order valence-electron chi connectivity index (χ3n) is 1.93. The van der Waals surface area contributed by atoms with Crippen LogP contribution in [0.15, 0.2) is 23.2 Å². The van der Waals surface area contributed by atoms with Crippen LogP contribution >= 0.6 is 11.6 Å². The highest BCUT2D eigenvalue weighted by Crippen LogP contribution is 2.33. The van der Waals surface area contributed by atoms with Crippen LogP contribution in [0.1, 0.15) is 11.1 Å². The van der Waals surface area contributed by atoms with Crippen LogP contribution in [0, 0.1) is 10.1 Å². The number of benzene rings is 1. The SMILES string of the molecule is O=[N+]([O-])c1ccc2c(c1)C(Cl)N=CN2. The number of anilines is 1. The van der Waals surface area contributed by atoms with Gasteiger partial charge in [0, 0.05) is 23.4 Å². The minimum Gasteiger partial charge on any atom is -0.346 e. The van der Waals surface area contributed by atoms with Crippen LogP contribution in [0.25, 0.3) is 0 Å². The van der Waals surface area contributed by atoms with Crippen LogP contribution in [0.2, 0.25) is 0 Å². The van der Waals surface area contributed by atoms with Crippen molar-refractivity contribution in [3.8, 4) is 0 Å². The molecule has 72 valence electrons. The van der Waals surface area contributed by atoms with E-state index in [9.17, 15) is 10.1 Å². The highest BCUT2D eigenvalue weighted by molar-refractivity contribution is 6.22. The normalized spacial score (nSPS) is 18.5. The number of halogens is 1. The van der Waals surface area contributed by atoms with Crippen molar-refractivity contribution in [2.45, 2.75) is 5.50 Å². The Morgan fingerprint density at radius 3 is 3.07 bits per heavy atom. The molecule has 5 nitrogen and oxygen atoms in total. The lowest BCUT2D eigenvalue weighted by Gasteiger charge is -2.15. The molecule has 1 aliphatic rings. The maximum atomic E-state index is 10.5. The average Bonchev–Trinajstić information content (AvgIpc) is 2.18. The first-order valence-corrected chi connectivity index (χ1v) is 4.33. The number of hydrogen-bond acceptors (Lipinski definition) is 4. The summed E-state index contributed by atoms with van der Waals surface area (Å²) in [7, 11) is 0. The average molecular weight is 212 g/mol. The van der Waals surface area contributed by atoms with Gasteiger partial charge >= 0.3 is 0 Å². The molecule has 0 bridgehead atoms.